The predicted molar refractivity (Wildman–Crippen MR) is 368 cm³/mol. The molecule has 4 aliphatic carbocycles. The van der Waals surface area contributed by atoms with Crippen LogP contribution in [0.1, 0.15) is 90.0 Å². The molecule has 12 aromatic rings. The van der Waals surface area contributed by atoms with E-state index in [1.54, 1.807) is 0 Å². The van der Waals surface area contributed by atoms with Crippen molar-refractivity contribution < 1.29 is 0 Å². The highest BCUT2D eigenvalue weighted by Gasteiger charge is 2.35. The zero-order valence-corrected chi connectivity index (χ0v) is 49.5. The molecule has 0 saturated heterocycles. The molecule has 0 fully saturated rings. The maximum absolute atomic E-state index is 5.55. The Kier molecular flexibility index (Phi) is 13.5. The first-order valence-corrected chi connectivity index (χ1v) is 31.3. The van der Waals surface area contributed by atoms with Gasteiger partial charge in [-0.25, -0.2) is 15.0 Å². The van der Waals surface area contributed by atoms with Gasteiger partial charge in [0.2, 0.25) is 0 Å². The molecule has 6 heteroatoms. The number of benzene rings is 8. The summed E-state index contributed by atoms with van der Waals surface area (Å²) in [5.41, 5.74) is 21.3. The van der Waals surface area contributed by atoms with Crippen LogP contribution >= 0.6 is 0 Å². The zero-order valence-electron chi connectivity index (χ0n) is 49.5. The average Bonchev–Trinajstić information content (AvgIpc) is 1.61. The normalized spacial score (nSPS) is 17.9. The van der Waals surface area contributed by atoms with E-state index in [1.807, 2.05) is 0 Å². The molecule has 4 aromatic heterocycles. The number of para-hydroxylation sites is 3. The van der Waals surface area contributed by atoms with Crippen LogP contribution in [-0.2, 0) is 6.42 Å². The highest BCUT2D eigenvalue weighted by Crippen LogP contribution is 2.50. The lowest BCUT2D eigenvalue weighted by Crippen LogP contribution is -2.21. The van der Waals surface area contributed by atoms with Gasteiger partial charge in [0, 0.05) is 72.9 Å². The minimum absolute atomic E-state index is 0.0666. The van der Waals surface area contributed by atoms with Crippen molar-refractivity contribution in [2.45, 2.75) is 63.7 Å². The molecule has 0 N–H and O–H groups in total. The summed E-state index contributed by atoms with van der Waals surface area (Å²) in [5.74, 6) is 2.39. The maximum atomic E-state index is 5.55. The number of rotatable bonds is 12. The Balaban J connectivity index is 0.981. The van der Waals surface area contributed by atoms with E-state index in [9.17, 15) is 0 Å². The summed E-state index contributed by atoms with van der Waals surface area (Å²) in [5, 5.41) is 6.15. The lowest BCUT2D eigenvalue weighted by molar-refractivity contribution is 0.562. The fourth-order valence-electron chi connectivity index (χ4n) is 14.6. The molecule has 0 saturated carbocycles. The van der Waals surface area contributed by atoms with E-state index >= 15 is 0 Å². The van der Waals surface area contributed by atoms with Crippen molar-refractivity contribution in [3.63, 3.8) is 0 Å². The lowest BCUT2D eigenvalue weighted by Gasteiger charge is -2.34. The van der Waals surface area contributed by atoms with Crippen LogP contribution in [0.5, 0.6) is 0 Å². The van der Waals surface area contributed by atoms with Gasteiger partial charge in [0.05, 0.1) is 33.3 Å². The Labute approximate surface area is 513 Å². The number of hydrogen-bond acceptors (Lipinski definition) is 3. The third kappa shape index (κ3) is 9.39. The largest absolute Gasteiger partial charge is 0.313 e. The van der Waals surface area contributed by atoms with E-state index in [0.717, 1.165) is 100 Å². The smallest absolute Gasteiger partial charge is 0.163 e. The molecular weight excluding hydrogens is 1070 g/mol. The summed E-state index contributed by atoms with van der Waals surface area (Å²) < 4.78 is 7.62. The first kappa shape index (κ1) is 53.1. The molecule has 8 aromatic carbocycles. The van der Waals surface area contributed by atoms with Crippen LogP contribution in [0.3, 0.4) is 0 Å². The fourth-order valence-corrected chi connectivity index (χ4v) is 14.6. The molecular formula is C82H66N6. The molecule has 4 aliphatic rings. The second-order valence-electron chi connectivity index (χ2n) is 24.1. The Morgan fingerprint density at radius 3 is 1.88 bits per heavy atom. The SMILES string of the molecule is C=C/C(=C\C=C\c1ccccc1)C1=C(n2c3ccc(-n4c5c(c6ccccc64)C=CCC5)cc3c3cc(-n4c5ccccc5c5ccccc54)ccc32)C(C2C=CC(c3ccccc3)CC2)=CC(c2nc(C3=CC=CCC3)nc(-c3cccc(C)c3)n2)C1. The second-order valence-corrected chi connectivity index (χ2v) is 24.1. The van der Waals surface area contributed by atoms with Gasteiger partial charge in [-0.15, -0.1) is 0 Å². The van der Waals surface area contributed by atoms with Crippen LogP contribution in [-0.4, -0.2) is 28.7 Å². The summed E-state index contributed by atoms with van der Waals surface area (Å²) in [6, 6.07) is 71.3. The van der Waals surface area contributed by atoms with Crippen LogP contribution in [0, 0.1) is 12.8 Å². The number of fused-ring (bicyclic) bond motifs is 9. The minimum Gasteiger partial charge on any atom is -0.313 e. The maximum Gasteiger partial charge on any atom is 0.163 e. The van der Waals surface area contributed by atoms with Crippen molar-refractivity contribution >= 4 is 77.9 Å². The summed E-state index contributed by atoms with van der Waals surface area (Å²) in [4.78, 5) is 16.4. The van der Waals surface area contributed by atoms with Crippen LogP contribution in [0.4, 0.5) is 0 Å². The first-order valence-electron chi connectivity index (χ1n) is 31.3. The van der Waals surface area contributed by atoms with E-state index in [1.165, 1.54) is 77.1 Å². The summed E-state index contributed by atoms with van der Waals surface area (Å²) in [6.07, 6.45) is 33.9. The molecule has 88 heavy (non-hydrogen) atoms. The highest BCUT2D eigenvalue weighted by atomic mass is 15.1. The van der Waals surface area contributed by atoms with Gasteiger partial charge >= 0.3 is 0 Å². The van der Waals surface area contributed by atoms with Crippen molar-refractivity contribution in [2.75, 3.05) is 0 Å². The third-order valence-corrected chi connectivity index (χ3v) is 18.8. The van der Waals surface area contributed by atoms with Gasteiger partial charge in [-0.05, 0) is 146 Å². The van der Waals surface area contributed by atoms with E-state index in [2.05, 4.69) is 294 Å². The molecule has 0 radical (unpaired) electrons. The number of nitrogens with zero attached hydrogens (tertiary/aromatic N) is 6. The number of aromatic nitrogens is 6. The van der Waals surface area contributed by atoms with Gasteiger partial charge < -0.3 is 13.7 Å². The van der Waals surface area contributed by atoms with Gasteiger partial charge in [-0.3, -0.25) is 0 Å². The van der Waals surface area contributed by atoms with Crippen molar-refractivity contribution in [2.24, 2.45) is 5.92 Å². The molecule has 0 bridgehead atoms. The topological polar surface area (TPSA) is 53.5 Å². The Hall–Kier alpha value is -10.4. The lowest BCUT2D eigenvalue weighted by atomic mass is 9.75. The Morgan fingerprint density at radius 1 is 0.545 bits per heavy atom. The van der Waals surface area contributed by atoms with Crippen LogP contribution in [0.15, 0.2) is 278 Å². The molecule has 3 unspecified atom stereocenters. The van der Waals surface area contributed by atoms with Crippen molar-refractivity contribution in [3.05, 3.63) is 318 Å². The standard InChI is InChI=1S/C82H66N6/c1-3-56(31-22-26-55-24-7-4-8-25-55)69-50-62(82-84-80(60-29-11-6-12-30-60)83-81(85-82)61-32-21-23-54(2)49-61)51-70(59-43-41-58(42-44-59)57-27-9-5-10-28-57)79(69)88-77-47-45-63(86-73-37-17-13-33-65(73)66-34-14-18-38-74(66)86)52-71(77)72-53-64(46-48-78(72)88)87-75-39-19-15-35-67(75)68-36-16-20-40-76(68)87/h3-11,13-19,21-29,31-39,41,43,45-49,51-53,58-59,62H,1,12,20,30,40,42,44,50H2,2H3/b26-22+,56-31+. The summed E-state index contributed by atoms with van der Waals surface area (Å²) >= 11 is 0. The average molecular weight is 1140 g/mol. The zero-order chi connectivity index (χ0) is 58.7. The van der Waals surface area contributed by atoms with Gasteiger partial charge in [0.1, 0.15) is 5.82 Å². The predicted octanol–water partition coefficient (Wildman–Crippen LogP) is 20.6. The molecule has 0 spiro atoms. The summed E-state index contributed by atoms with van der Waals surface area (Å²) in [6.45, 7) is 6.80. The molecule has 0 amide bonds. The van der Waals surface area contributed by atoms with Gasteiger partial charge in [-0.2, -0.15) is 0 Å². The van der Waals surface area contributed by atoms with E-state index in [-0.39, 0.29) is 11.8 Å². The van der Waals surface area contributed by atoms with E-state index in [4.69, 9.17) is 15.0 Å². The third-order valence-electron chi connectivity index (χ3n) is 18.8. The monoisotopic (exact) mass is 1130 g/mol. The molecule has 3 atom stereocenters. The minimum atomic E-state index is -0.204. The van der Waals surface area contributed by atoms with Crippen LogP contribution in [0.2, 0.25) is 0 Å². The van der Waals surface area contributed by atoms with Gasteiger partial charge in [0.15, 0.2) is 11.6 Å². The van der Waals surface area contributed by atoms with Crippen molar-refractivity contribution in [3.8, 4) is 22.8 Å². The number of hydrogen-bond donors (Lipinski definition) is 0. The quantitative estimate of drug-likeness (QED) is 0.0905. The Morgan fingerprint density at radius 2 is 1.18 bits per heavy atom. The number of aryl methyl sites for hydroxylation is 1. The van der Waals surface area contributed by atoms with E-state index < -0.39 is 0 Å². The first-order chi connectivity index (χ1) is 43.5. The molecule has 0 aliphatic heterocycles. The second kappa shape index (κ2) is 22.4. The molecule has 16 rings (SSSR count). The highest BCUT2D eigenvalue weighted by molar-refractivity contribution is 6.14. The molecule has 424 valence electrons. The summed E-state index contributed by atoms with van der Waals surface area (Å²) in [7, 11) is 0. The van der Waals surface area contributed by atoms with Crippen LogP contribution in [0.25, 0.3) is 101 Å². The fraction of sp³-hybridized carbons (Fsp3) is 0.134. The van der Waals surface area contributed by atoms with Gasteiger partial charge in [-0.1, -0.05) is 219 Å². The molecule has 4 heterocycles. The van der Waals surface area contributed by atoms with Crippen molar-refractivity contribution in [1.82, 2.24) is 28.7 Å². The van der Waals surface area contributed by atoms with E-state index in [0.29, 0.717) is 18.2 Å². The molecule has 6 nitrogen and oxygen atoms in total. The van der Waals surface area contributed by atoms with Crippen LogP contribution < -0.4 is 0 Å². The Bertz CT molecular complexity index is 4990. The van der Waals surface area contributed by atoms with Gasteiger partial charge in [0.25, 0.3) is 0 Å². The van der Waals surface area contributed by atoms with Crippen molar-refractivity contribution in [1.29, 1.82) is 0 Å². The number of allylic oxidation sites excluding steroid dienone is 15.